The minimum Gasteiger partial charge on any atom is -0.465 e. The molecule has 0 unspecified atom stereocenters. The smallest absolute Gasteiger partial charge is 0.315 e. The Hall–Kier alpha value is -2.35. The van der Waals surface area contributed by atoms with Crippen molar-refractivity contribution in [3.63, 3.8) is 0 Å². The lowest BCUT2D eigenvalue weighted by atomic mass is 10.1. The maximum atomic E-state index is 10.8. The predicted octanol–water partition coefficient (Wildman–Crippen LogP) is 4.41. The van der Waals surface area contributed by atoms with E-state index in [2.05, 4.69) is 27.3 Å². The molecular weight excluding hydrogens is 424 g/mol. The Balaban J connectivity index is 0.000000786. The molecule has 0 radical (unpaired) electrons. The minimum atomic E-state index is -0.506. The summed E-state index contributed by atoms with van der Waals surface area (Å²) in [4.78, 5) is 28.6. The number of hydrogen-bond donors (Lipinski definition) is 1. The molecule has 2 rings (SSSR count). The van der Waals surface area contributed by atoms with Crippen molar-refractivity contribution in [2.24, 2.45) is 0 Å². The van der Waals surface area contributed by atoms with Gasteiger partial charge in [-0.05, 0) is 13.2 Å². The highest BCUT2D eigenvalue weighted by atomic mass is 35.5. The maximum Gasteiger partial charge on any atom is 0.315 e. The number of nitro benzene ring substituents is 1. The van der Waals surface area contributed by atoms with Crippen LogP contribution in [0.25, 0.3) is 11.3 Å². The van der Waals surface area contributed by atoms with E-state index in [1.165, 1.54) is 30.0 Å². The third-order valence-electron chi connectivity index (χ3n) is 2.90. The summed E-state index contributed by atoms with van der Waals surface area (Å²) < 4.78 is 4.48. The number of carbonyl (C=O) groups excluding carboxylic acids is 1. The van der Waals surface area contributed by atoms with Crippen LogP contribution in [0.5, 0.6) is 0 Å². The monoisotopic (exact) mass is 442 g/mol. The van der Waals surface area contributed by atoms with Crippen LogP contribution in [-0.2, 0) is 9.53 Å². The zero-order valence-corrected chi connectivity index (χ0v) is 16.8. The van der Waals surface area contributed by atoms with Crippen LogP contribution < -0.4 is 0 Å². The van der Waals surface area contributed by atoms with Crippen molar-refractivity contribution < 1.29 is 14.5 Å². The first-order valence-corrected chi connectivity index (χ1v) is 9.64. The highest BCUT2D eigenvalue weighted by Gasteiger charge is 2.16. The first-order valence-electron chi connectivity index (χ1n) is 7.40. The lowest BCUT2D eigenvalue weighted by molar-refractivity contribution is -0.384. The Morgan fingerprint density at radius 2 is 2.14 bits per heavy atom. The van der Waals surface area contributed by atoms with Crippen LogP contribution in [0.3, 0.4) is 0 Å². The zero-order chi connectivity index (χ0) is 20.4. The summed E-state index contributed by atoms with van der Waals surface area (Å²) in [7, 11) is 0. The number of non-ortho nitro benzene ring substituents is 1. The summed E-state index contributed by atoms with van der Waals surface area (Å²) in [6.45, 7) is 2.21. The van der Waals surface area contributed by atoms with Gasteiger partial charge in [0.05, 0.1) is 23.0 Å². The van der Waals surface area contributed by atoms with Gasteiger partial charge in [0.2, 0.25) is 0 Å². The Bertz CT molecular complexity index is 875. The van der Waals surface area contributed by atoms with E-state index >= 15 is 0 Å². The van der Waals surface area contributed by atoms with E-state index in [9.17, 15) is 14.9 Å². The first-order chi connectivity index (χ1) is 12.9. The maximum absolute atomic E-state index is 10.8. The van der Waals surface area contributed by atoms with E-state index in [1.54, 1.807) is 19.2 Å². The highest BCUT2D eigenvalue weighted by Crippen LogP contribution is 2.29. The van der Waals surface area contributed by atoms with Gasteiger partial charge in [-0.15, -0.1) is 0 Å². The fourth-order valence-corrected chi connectivity index (χ4v) is 2.51. The van der Waals surface area contributed by atoms with Crippen molar-refractivity contribution in [2.45, 2.75) is 19.5 Å². The number of carbonyl (C=O) groups is 1. The van der Waals surface area contributed by atoms with Gasteiger partial charge < -0.3 is 4.74 Å². The molecule has 0 N–H and O–H groups in total. The number of benzene rings is 1. The van der Waals surface area contributed by atoms with E-state index in [0.29, 0.717) is 23.0 Å². The van der Waals surface area contributed by atoms with Gasteiger partial charge in [0.15, 0.2) is 10.3 Å². The van der Waals surface area contributed by atoms with Gasteiger partial charge in [-0.3, -0.25) is 14.9 Å². The van der Waals surface area contributed by atoms with E-state index in [4.69, 9.17) is 16.9 Å². The van der Waals surface area contributed by atoms with Crippen LogP contribution in [0.1, 0.15) is 19.9 Å². The van der Waals surface area contributed by atoms with Crippen molar-refractivity contribution in [1.29, 1.82) is 5.26 Å². The Morgan fingerprint density at radius 3 is 2.61 bits per heavy atom. The number of ether oxygens (including phenoxy) is 1. The topological polar surface area (TPSA) is 119 Å². The molecule has 0 saturated heterocycles. The van der Waals surface area contributed by atoms with Crippen LogP contribution in [0.15, 0.2) is 29.4 Å². The SMILES string of the molecule is C.CCOC(=O)CS.CSc1nc(Cl)c(C#N)c(-c2cccc([N+](=O)[O-])c2)n1. The molecule has 0 aliphatic heterocycles. The molecule has 0 saturated carbocycles. The fourth-order valence-electron chi connectivity index (χ4n) is 1.79. The third-order valence-corrected chi connectivity index (χ3v) is 3.98. The van der Waals surface area contributed by atoms with Gasteiger partial charge in [-0.2, -0.15) is 17.9 Å². The first kappa shape index (κ1) is 25.6. The number of thioether (sulfide) groups is 1. The van der Waals surface area contributed by atoms with Crippen molar-refractivity contribution in [2.75, 3.05) is 18.6 Å². The Kier molecular flexibility index (Phi) is 11.8. The van der Waals surface area contributed by atoms with Gasteiger partial charge in [-0.25, -0.2) is 9.97 Å². The van der Waals surface area contributed by atoms with E-state index in [-0.39, 0.29) is 35.6 Å². The second-order valence-electron chi connectivity index (χ2n) is 4.61. The second-order valence-corrected chi connectivity index (χ2v) is 6.05. The highest BCUT2D eigenvalue weighted by molar-refractivity contribution is 7.98. The van der Waals surface area contributed by atoms with Gasteiger partial charge in [0.1, 0.15) is 11.6 Å². The van der Waals surface area contributed by atoms with Crippen molar-refractivity contribution in [3.8, 4) is 17.3 Å². The number of aromatic nitrogens is 2. The largest absolute Gasteiger partial charge is 0.465 e. The second kappa shape index (κ2) is 12.9. The molecule has 1 aromatic heterocycles. The molecule has 28 heavy (non-hydrogen) atoms. The summed E-state index contributed by atoms with van der Waals surface area (Å²) in [5, 5.41) is 20.4. The molecule has 0 bridgehead atoms. The van der Waals surface area contributed by atoms with Crippen LogP contribution in [0, 0.1) is 21.4 Å². The quantitative estimate of drug-likeness (QED) is 0.137. The number of thiol groups is 1. The molecule has 0 spiro atoms. The molecule has 150 valence electrons. The van der Waals surface area contributed by atoms with Crippen molar-refractivity contribution in [3.05, 3.63) is 45.1 Å². The number of hydrogen-bond acceptors (Lipinski definition) is 9. The number of rotatable bonds is 5. The molecule has 8 nitrogen and oxygen atoms in total. The van der Waals surface area contributed by atoms with E-state index in [0.717, 1.165) is 0 Å². The Labute approximate surface area is 177 Å². The zero-order valence-electron chi connectivity index (χ0n) is 14.4. The third kappa shape index (κ3) is 7.34. The average Bonchev–Trinajstić information content (AvgIpc) is 2.68. The number of halogens is 1. The van der Waals surface area contributed by atoms with Crippen LogP contribution in [-0.4, -0.2) is 39.5 Å². The number of nitro groups is 1. The van der Waals surface area contributed by atoms with Gasteiger partial charge in [0, 0.05) is 17.7 Å². The summed E-state index contributed by atoms with van der Waals surface area (Å²) >= 11 is 10.9. The molecule has 0 amide bonds. The van der Waals surface area contributed by atoms with Crippen molar-refractivity contribution in [1.82, 2.24) is 9.97 Å². The average molecular weight is 443 g/mol. The summed E-state index contributed by atoms with van der Waals surface area (Å²) in [6, 6.07) is 7.81. The fraction of sp³-hybridized carbons (Fsp3) is 0.294. The molecule has 0 aliphatic carbocycles. The molecule has 1 aromatic carbocycles. The lowest BCUT2D eigenvalue weighted by Crippen LogP contribution is -2.03. The van der Waals surface area contributed by atoms with Crippen LogP contribution >= 0.6 is 36.0 Å². The molecule has 1 heterocycles. The number of nitrogens with zero attached hydrogens (tertiary/aromatic N) is 4. The number of nitriles is 1. The van der Waals surface area contributed by atoms with Crippen LogP contribution in [0.2, 0.25) is 5.15 Å². The molecule has 2 aromatic rings. The minimum absolute atomic E-state index is 0. The van der Waals surface area contributed by atoms with E-state index in [1.807, 2.05) is 6.07 Å². The molecule has 0 atom stereocenters. The lowest BCUT2D eigenvalue weighted by Gasteiger charge is -2.06. The molecule has 0 fully saturated rings. The van der Waals surface area contributed by atoms with Gasteiger partial charge in [-0.1, -0.05) is 42.9 Å². The molecule has 0 aliphatic rings. The van der Waals surface area contributed by atoms with Gasteiger partial charge in [0.25, 0.3) is 5.69 Å². The predicted molar refractivity (Wildman–Crippen MR) is 113 cm³/mol. The standard InChI is InChI=1S/C12H7ClN4O2S.C4H8O2S.CH4/c1-20-12-15-10(9(6-14)11(13)16-12)7-3-2-4-8(5-7)17(18)19;1-2-6-4(5)3-7;/h2-5H,1H3;7H,2-3H2,1H3;1H4. The van der Waals surface area contributed by atoms with Crippen molar-refractivity contribution >= 4 is 47.6 Å². The summed E-state index contributed by atoms with van der Waals surface area (Å²) in [5.74, 6) is -0.0840. The normalized spacial score (nSPS) is 9.25. The summed E-state index contributed by atoms with van der Waals surface area (Å²) in [6.07, 6.45) is 1.77. The molecule has 11 heteroatoms. The van der Waals surface area contributed by atoms with Gasteiger partial charge >= 0.3 is 5.97 Å². The number of esters is 1. The molecular formula is C17H19ClN4O4S2. The van der Waals surface area contributed by atoms with E-state index < -0.39 is 4.92 Å². The Morgan fingerprint density at radius 1 is 1.46 bits per heavy atom. The summed E-state index contributed by atoms with van der Waals surface area (Å²) in [5.41, 5.74) is 0.771. The van der Waals surface area contributed by atoms with Crippen LogP contribution in [0.4, 0.5) is 5.69 Å².